The highest BCUT2D eigenvalue weighted by Gasteiger charge is 2.17. The zero-order valence-electron chi connectivity index (χ0n) is 10.0. The van der Waals surface area contributed by atoms with Crippen LogP contribution in [0.15, 0.2) is 18.2 Å². The fourth-order valence-corrected chi connectivity index (χ4v) is 3.17. The Morgan fingerprint density at radius 2 is 2.28 bits per heavy atom. The van der Waals surface area contributed by atoms with Crippen LogP contribution in [-0.4, -0.2) is 29.2 Å². The monoisotopic (exact) mass is 273 g/mol. The van der Waals surface area contributed by atoms with Crippen molar-refractivity contribution in [2.45, 2.75) is 25.0 Å². The maximum absolute atomic E-state index is 13.4. The number of hydrogen-bond donors (Lipinski definition) is 2. The zero-order valence-corrected chi connectivity index (χ0v) is 10.9. The van der Waals surface area contributed by atoms with E-state index in [0.29, 0.717) is 12.6 Å². The molecule has 0 unspecified atom stereocenters. The van der Waals surface area contributed by atoms with Gasteiger partial charge in [0.05, 0.1) is 6.10 Å². The molecular formula is C13H17F2NOS. The van der Waals surface area contributed by atoms with Crippen LogP contribution in [0.4, 0.5) is 8.78 Å². The highest BCUT2D eigenvalue weighted by atomic mass is 32.2. The third kappa shape index (κ3) is 3.67. The average Bonchev–Trinajstić information content (AvgIpc) is 2.37. The highest BCUT2D eigenvalue weighted by Crippen LogP contribution is 2.20. The average molecular weight is 273 g/mol. The van der Waals surface area contributed by atoms with Crippen molar-refractivity contribution in [3.63, 3.8) is 0 Å². The molecule has 0 aromatic heterocycles. The molecule has 0 amide bonds. The number of rotatable bonds is 4. The second-order valence-electron chi connectivity index (χ2n) is 4.50. The molecule has 2 atom stereocenters. The summed E-state index contributed by atoms with van der Waals surface area (Å²) < 4.78 is 26.2. The van der Waals surface area contributed by atoms with Crippen LogP contribution in [0.1, 0.15) is 24.5 Å². The van der Waals surface area contributed by atoms with Crippen molar-refractivity contribution >= 4 is 11.8 Å². The van der Waals surface area contributed by atoms with E-state index < -0.39 is 17.7 Å². The van der Waals surface area contributed by atoms with Gasteiger partial charge < -0.3 is 10.4 Å². The molecule has 0 spiro atoms. The van der Waals surface area contributed by atoms with Gasteiger partial charge in [-0.3, -0.25) is 0 Å². The molecule has 1 fully saturated rings. The molecule has 1 aromatic carbocycles. The molecule has 1 heterocycles. The minimum Gasteiger partial charge on any atom is -0.387 e. The molecule has 18 heavy (non-hydrogen) atoms. The zero-order chi connectivity index (χ0) is 13.0. The van der Waals surface area contributed by atoms with Gasteiger partial charge in [0.2, 0.25) is 0 Å². The number of benzene rings is 1. The summed E-state index contributed by atoms with van der Waals surface area (Å²) >= 11 is 1.89. The molecule has 0 radical (unpaired) electrons. The minimum atomic E-state index is -0.933. The molecule has 0 aliphatic carbocycles. The SMILES string of the molecule is O[C@@H](CN[C@H]1CCCSC1)c1ccc(F)cc1F. The lowest BCUT2D eigenvalue weighted by Crippen LogP contribution is -2.36. The lowest BCUT2D eigenvalue weighted by molar-refractivity contribution is 0.165. The summed E-state index contributed by atoms with van der Waals surface area (Å²) in [5.41, 5.74) is 0.146. The van der Waals surface area contributed by atoms with Crippen LogP contribution in [0.25, 0.3) is 0 Å². The molecule has 1 aliphatic heterocycles. The van der Waals surface area contributed by atoms with E-state index in [2.05, 4.69) is 5.32 Å². The van der Waals surface area contributed by atoms with Crippen molar-refractivity contribution in [2.75, 3.05) is 18.1 Å². The van der Waals surface area contributed by atoms with Crippen molar-refractivity contribution in [1.82, 2.24) is 5.32 Å². The summed E-state index contributed by atoms with van der Waals surface area (Å²) in [6.07, 6.45) is 1.33. The molecule has 2 N–H and O–H groups in total. The van der Waals surface area contributed by atoms with Crippen molar-refractivity contribution in [1.29, 1.82) is 0 Å². The summed E-state index contributed by atoms with van der Waals surface area (Å²) in [4.78, 5) is 0. The molecule has 0 saturated carbocycles. The van der Waals surface area contributed by atoms with E-state index in [4.69, 9.17) is 0 Å². The maximum atomic E-state index is 13.4. The number of thioether (sulfide) groups is 1. The molecule has 1 saturated heterocycles. The fraction of sp³-hybridized carbons (Fsp3) is 0.538. The number of aliphatic hydroxyl groups excluding tert-OH is 1. The Kier molecular flexibility index (Phi) is 4.97. The molecule has 5 heteroatoms. The second kappa shape index (κ2) is 6.50. The Morgan fingerprint density at radius 3 is 2.94 bits per heavy atom. The number of nitrogens with one attached hydrogen (secondary N) is 1. The molecule has 100 valence electrons. The first-order valence-corrected chi connectivity index (χ1v) is 7.26. The van der Waals surface area contributed by atoms with Crippen LogP contribution >= 0.6 is 11.8 Å². The summed E-state index contributed by atoms with van der Waals surface area (Å²) in [5.74, 6) is 0.897. The van der Waals surface area contributed by atoms with Crippen LogP contribution in [0.2, 0.25) is 0 Å². The van der Waals surface area contributed by atoms with Gasteiger partial charge in [0.1, 0.15) is 11.6 Å². The quantitative estimate of drug-likeness (QED) is 0.884. The van der Waals surface area contributed by atoms with E-state index >= 15 is 0 Å². The largest absolute Gasteiger partial charge is 0.387 e. The van der Waals surface area contributed by atoms with Gasteiger partial charge in [-0.1, -0.05) is 6.07 Å². The topological polar surface area (TPSA) is 32.3 Å². The number of aliphatic hydroxyl groups is 1. The van der Waals surface area contributed by atoms with Crippen LogP contribution in [0.3, 0.4) is 0 Å². The van der Waals surface area contributed by atoms with Gasteiger partial charge in [-0.2, -0.15) is 11.8 Å². The van der Waals surface area contributed by atoms with Crippen molar-refractivity contribution < 1.29 is 13.9 Å². The number of hydrogen-bond acceptors (Lipinski definition) is 3. The normalized spacial score (nSPS) is 21.8. The predicted octanol–water partition coefficient (Wildman–Crippen LogP) is 2.48. The van der Waals surface area contributed by atoms with E-state index in [1.807, 2.05) is 11.8 Å². The van der Waals surface area contributed by atoms with Gasteiger partial charge in [0.15, 0.2) is 0 Å². The smallest absolute Gasteiger partial charge is 0.131 e. The van der Waals surface area contributed by atoms with Crippen molar-refractivity contribution in [3.8, 4) is 0 Å². The summed E-state index contributed by atoms with van der Waals surface area (Å²) in [5, 5.41) is 13.1. The molecule has 0 bridgehead atoms. The minimum absolute atomic E-state index is 0.146. The first-order valence-electron chi connectivity index (χ1n) is 6.11. The Balaban J connectivity index is 1.88. The van der Waals surface area contributed by atoms with Gasteiger partial charge in [0, 0.05) is 30.0 Å². The van der Waals surface area contributed by atoms with Crippen LogP contribution < -0.4 is 5.32 Å². The predicted molar refractivity (Wildman–Crippen MR) is 69.7 cm³/mol. The van der Waals surface area contributed by atoms with Gasteiger partial charge >= 0.3 is 0 Å². The van der Waals surface area contributed by atoms with Gasteiger partial charge in [-0.15, -0.1) is 0 Å². The molecule has 2 nitrogen and oxygen atoms in total. The van der Waals surface area contributed by atoms with Crippen LogP contribution in [0, 0.1) is 11.6 Å². The third-order valence-corrected chi connectivity index (χ3v) is 4.30. The fourth-order valence-electron chi connectivity index (χ4n) is 2.06. The van der Waals surface area contributed by atoms with Crippen LogP contribution in [0.5, 0.6) is 0 Å². The standard InChI is InChI=1S/C13H17F2NOS/c14-9-3-4-11(12(15)6-9)13(17)7-16-10-2-1-5-18-8-10/h3-4,6,10,13,16-17H,1-2,5,7-8H2/t10-,13-/m0/s1. The first-order chi connectivity index (χ1) is 8.66. The Bertz CT molecular complexity index is 397. The molecule has 2 rings (SSSR count). The number of halogens is 2. The summed E-state index contributed by atoms with van der Waals surface area (Å²) in [6, 6.07) is 3.64. The summed E-state index contributed by atoms with van der Waals surface area (Å²) in [7, 11) is 0. The van der Waals surface area contributed by atoms with E-state index in [1.54, 1.807) is 0 Å². The Labute approximate surface area is 110 Å². The lowest BCUT2D eigenvalue weighted by atomic mass is 10.1. The van der Waals surface area contributed by atoms with Gasteiger partial charge in [-0.25, -0.2) is 8.78 Å². The van der Waals surface area contributed by atoms with Crippen molar-refractivity contribution in [3.05, 3.63) is 35.4 Å². The van der Waals surface area contributed by atoms with Crippen molar-refractivity contribution in [2.24, 2.45) is 0 Å². The van der Waals surface area contributed by atoms with Gasteiger partial charge in [-0.05, 0) is 24.7 Å². The highest BCUT2D eigenvalue weighted by molar-refractivity contribution is 7.99. The second-order valence-corrected chi connectivity index (χ2v) is 5.65. The van der Waals surface area contributed by atoms with E-state index in [0.717, 1.165) is 24.3 Å². The first kappa shape index (κ1) is 13.8. The van der Waals surface area contributed by atoms with Gasteiger partial charge in [0.25, 0.3) is 0 Å². The third-order valence-electron chi connectivity index (χ3n) is 3.08. The van der Waals surface area contributed by atoms with Crippen LogP contribution in [-0.2, 0) is 0 Å². The Morgan fingerprint density at radius 1 is 1.44 bits per heavy atom. The molecule has 1 aromatic rings. The summed E-state index contributed by atoms with van der Waals surface area (Å²) in [6.45, 7) is 0.299. The van der Waals surface area contributed by atoms with E-state index in [9.17, 15) is 13.9 Å². The molecule has 1 aliphatic rings. The lowest BCUT2D eigenvalue weighted by Gasteiger charge is -2.24. The Hall–Kier alpha value is -0.650. The van der Waals surface area contributed by atoms with E-state index in [1.165, 1.54) is 18.2 Å². The van der Waals surface area contributed by atoms with E-state index in [-0.39, 0.29) is 5.56 Å². The maximum Gasteiger partial charge on any atom is 0.131 e. The molecular weight excluding hydrogens is 256 g/mol.